The van der Waals surface area contributed by atoms with Gasteiger partial charge in [-0.25, -0.2) is 9.97 Å². The van der Waals surface area contributed by atoms with Crippen LogP contribution in [0.5, 0.6) is 0 Å². The molecule has 0 bridgehead atoms. The minimum Gasteiger partial charge on any atom is -0.367 e. The number of nitriles is 2. The van der Waals surface area contributed by atoms with Gasteiger partial charge < -0.3 is 5.32 Å². The smallest absolute Gasteiger partial charge is 0.179 e. The number of nitrogens with one attached hydrogen (secondary N) is 1. The highest BCUT2D eigenvalue weighted by Crippen LogP contribution is 2.21. The first-order chi connectivity index (χ1) is 8.37. The van der Waals surface area contributed by atoms with Crippen molar-refractivity contribution in [3.8, 4) is 12.1 Å². The predicted octanol–water partition coefficient (Wildman–Crippen LogP) is 2.72. The van der Waals surface area contributed by atoms with Gasteiger partial charge in [0, 0.05) is 6.54 Å². The summed E-state index contributed by atoms with van der Waals surface area (Å²) in [4.78, 5) is 7.83. The first-order valence-electron chi connectivity index (χ1n) is 5.49. The van der Waals surface area contributed by atoms with Crippen LogP contribution in [0.3, 0.4) is 0 Å². The highest BCUT2D eigenvalue weighted by atomic mass is 35.5. The summed E-state index contributed by atoms with van der Waals surface area (Å²) < 4.78 is 0. The molecule has 1 rings (SSSR count). The Kier molecular flexibility index (Phi) is 4.47. The summed E-state index contributed by atoms with van der Waals surface area (Å²) in [5, 5.41) is 20.8. The monoisotopic (exact) mass is 263 g/mol. The predicted molar refractivity (Wildman–Crippen MR) is 69.0 cm³/mol. The molecule has 0 unspecified atom stereocenters. The molecule has 0 saturated heterocycles. The molecule has 0 aromatic carbocycles. The van der Waals surface area contributed by atoms with E-state index < -0.39 is 0 Å². The number of anilines is 1. The molecule has 1 heterocycles. The summed E-state index contributed by atoms with van der Waals surface area (Å²) in [6.07, 6.45) is 0.924. The number of nitrogens with zero attached hydrogens (tertiary/aromatic N) is 4. The Hall–Kier alpha value is -1.85. The molecule has 6 heteroatoms. The average Bonchev–Trinajstić information content (AvgIpc) is 2.29. The maximum Gasteiger partial charge on any atom is 0.179 e. The molecule has 1 aromatic rings. The third kappa shape index (κ3) is 3.87. The molecule has 0 aliphatic rings. The molecule has 1 N–H and O–H groups in total. The molecule has 0 aliphatic carbocycles. The van der Waals surface area contributed by atoms with Crippen LogP contribution < -0.4 is 5.32 Å². The van der Waals surface area contributed by atoms with Crippen molar-refractivity contribution >= 4 is 17.4 Å². The molecule has 0 saturated carbocycles. The second-order valence-corrected chi connectivity index (χ2v) is 5.38. The molecule has 5 nitrogen and oxygen atoms in total. The van der Waals surface area contributed by atoms with Gasteiger partial charge in [0.25, 0.3) is 0 Å². The van der Waals surface area contributed by atoms with Crippen LogP contribution >= 0.6 is 11.6 Å². The van der Waals surface area contributed by atoms with E-state index in [4.69, 9.17) is 22.1 Å². The first-order valence-corrected chi connectivity index (χ1v) is 5.87. The topological polar surface area (TPSA) is 85.4 Å². The molecule has 18 heavy (non-hydrogen) atoms. The van der Waals surface area contributed by atoms with Crippen molar-refractivity contribution in [3.63, 3.8) is 0 Å². The summed E-state index contributed by atoms with van der Waals surface area (Å²) in [5.41, 5.74) is 0.126. The fourth-order valence-corrected chi connectivity index (χ4v) is 1.43. The lowest BCUT2D eigenvalue weighted by atomic mass is 9.92. The van der Waals surface area contributed by atoms with E-state index in [0.717, 1.165) is 6.42 Å². The number of aromatic nitrogens is 2. The zero-order valence-electron chi connectivity index (χ0n) is 10.6. The van der Waals surface area contributed by atoms with E-state index in [2.05, 4.69) is 36.1 Å². The highest BCUT2D eigenvalue weighted by molar-refractivity contribution is 6.31. The molecule has 0 atom stereocenters. The summed E-state index contributed by atoms with van der Waals surface area (Å²) in [6, 6.07) is 3.61. The van der Waals surface area contributed by atoms with E-state index in [0.29, 0.717) is 12.4 Å². The molecular formula is C12H14ClN5. The van der Waals surface area contributed by atoms with Gasteiger partial charge in [0.05, 0.1) is 0 Å². The third-order valence-electron chi connectivity index (χ3n) is 2.23. The zero-order chi connectivity index (χ0) is 13.8. The molecule has 0 fully saturated rings. The van der Waals surface area contributed by atoms with Crippen molar-refractivity contribution in [1.82, 2.24) is 9.97 Å². The van der Waals surface area contributed by atoms with Gasteiger partial charge in [0.2, 0.25) is 0 Å². The van der Waals surface area contributed by atoms with Crippen LogP contribution in [-0.4, -0.2) is 16.5 Å². The Morgan fingerprint density at radius 3 is 2.22 bits per heavy atom. The molecule has 0 amide bonds. The Morgan fingerprint density at radius 1 is 1.17 bits per heavy atom. The summed E-state index contributed by atoms with van der Waals surface area (Å²) in [5.74, 6) is 0.344. The van der Waals surface area contributed by atoms with E-state index in [9.17, 15) is 0 Å². The van der Waals surface area contributed by atoms with Crippen molar-refractivity contribution in [2.45, 2.75) is 27.2 Å². The molecule has 1 aromatic heterocycles. The van der Waals surface area contributed by atoms with E-state index in [1.54, 1.807) is 6.07 Å². The minimum atomic E-state index is -0.0520. The standard InChI is InChI=1S/C12H14ClN5/c1-12(2,3)4-5-16-11-10(13)17-8(6-14)9(7-15)18-11/h4-5H2,1-3H3,(H,16,18). The van der Waals surface area contributed by atoms with Gasteiger partial charge in [-0.05, 0) is 11.8 Å². The van der Waals surface area contributed by atoms with Gasteiger partial charge >= 0.3 is 0 Å². The highest BCUT2D eigenvalue weighted by Gasteiger charge is 2.13. The van der Waals surface area contributed by atoms with Gasteiger partial charge in [0.15, 0.2) is 22.4 Å². The summed E-state index contributed by atoms with van der Waals surface area (Å²) in [7, 11) is 0. The Morgan fingerprint density at radius 2 is 1.72 bits per heavy atom. The van der Waals surface area contributed by atoms with Crippen LogP contribution in [-0.2, 0) is 0 Å². The summed E-state index contributed by atoms with van der Waals surface area (Å²) >= 11 is 5.89. The largest absolute Gasteiger partial charge is 0.367 e. The number of halogens is 1. The van der Waals surface area contributed by atoms with Crippen molar-refractivity contribution in [2.24, 2.45) is 5.41 Å². The van der Waals surface area contributed by atoms with Crippen molar-refractivity contribution < 1.29 is 0 Å². The fourth-order valence-electron chi connectivity index (χ4n) is 1.24. The van der Waals surface area contributed by atoms with E-state index in [-0.39, 0.29) is 22.0 Å². The van der Waals surface area contributed by atoms with E-state index >= 15 is 0 Å². The van der Waals surface area contributed by atoms with Crippen molar-refractivity contribution in [3.05, 3.63) is 16.5 Å². The number of hydrogen-bond acceptors (Lipinski definition) is 5. The first kappa shape index (κ1) is 14.2. The molecule has 0 radical (unpaired) electrons. The fraction of sp³-hybridized carbons (Fsp3) is 0.500. The second kappa shape index (κ2) is 5.66. The average molecular weight is 264 g/mol. The van der Waals surface area contributed by atoms with Gasteiger partial charge in [-0.15, -0.1) is 0 Å². The van der Waals surface area contributed by atoms with Crippen LogP contribution in [0.15, 0.2) is 0 Å². The van der Waals surface area contributed by atoms with Crippen LogP contribution in [0.1, 0.15) is 38.6 Å². The van der Waals surface area contributed by atoms with E-state index in [1.807, 2.05) is 6.07 Å². The maximum atomic E-state index is 8.85. The minimum absolute atomic E-state index is 0.0137. The van der Waals surface area contributed by atoms with Gasteiger partial charge in [-0.2, -0.15) is 10.5 Å². The van der Waals surface area contributed by atoms with Crippen molar-refractivity contribution in [2.75, 3.05) is 11.9 Å². The van der Waals surface area contributed by atoms with Gasteiger partial charge in [-0.1, -0.05) is 32.4 Å². The number of hydrogen-bond donors (Lipinski definition) is 1. The Labute approximate surface area is 111 Å². The maximum absolute atomic E-state index is 8.85. The molecule has 0 spiro atoms. The Bertz CT molecular complexity index is 519. The van der Waals surface area contributed by atoms with Gasteiger partial charge in [-0.3, -0.25) is 0 Å². The van der Waals surface area contributed by atoms with Crippen LogP contribution in [0.4, 0.5) is 5.82 Å². The summed E-state index contributed by atoms with van der Waals surface area (Å²) in [6.45, 7) is 7.05. The molecular weight excluding hydrogens is 250 g/mol. The van der Waals surface area contributed by atoms with E-state index in [1.165, 1.54) is 0 Å². The number of rotatable bonds is 3. The lowest BCUT2D eigenvalue weighted by molar-refractivity contribution is 0.389. The zero-order valence-corrected chi connectivity index (χ0v) is 11.3. The third-order valence-corrected chi connectivity index (χ3v) is 2.50. The van der Waals surface area contributed by atoms with Crippen molar-refractivity contribution in [1.29, 1.82) is 10.5 Å². The molecule has 0 aliphatic heterocycles. The van der Waals surface area contributed by atoms with Gasteiger partial charge in [0.1, 0.15) is 12.1 Å². The van der Waals surface area contributed by atoms with Crippen LogP contribution in [0, 0.1) is 28.1 Å². The Balaban J connectivity index is 2.85. The lowest BCUT2D eigenvalue weighted by Crippen LogP contribution is -2.14. The molecule has 94 valence electrons. The van der Waals surface area contributed by atoms with Crippen LogP contribution in [0.2, 0.25) is 5.15 Å². The lowest BCUT2D eigenvalue weighted by Gasteiger charge is -2.18. The SMILES string of the molecule is CC(C)(C)CCNc1nc(C#N)c(C#N)nc1Cl. The quantitative estimate of drug-likeness (QED) is 0.906. The van der Waals surface area contributed by atoms with Crippen LogP contribution in [0.25, 0.3) is 0 Å². The second-order valence-electron chi connectivity index (χ2n) is 5.02. The normalized spacial score (nSPS) is 10.6.